The molecule has 106 valence electrons. The lowest BCUT2D eigenvalue weighted by Gasteiger charge is -2.14. The van der Waals surface area contributed by atoms with E-state index < -0.39 is 0 Å². The van der Waals surface area contributed by atoms with Crippen LogP contribution in [0, 0.1) is 12.7 Å². The van der Waals surface area contributed by atoms with Gasteiger partial charge in [-0.05, 0) is 24.6 Å². The Morgan fingerprint density at radius 3 is 2.35 bits per heavy atom. The first-order valence-corrected chi connectivity index (χ1v) is 6.35. The molecular formula is C16H18FNO2. The van der Waals surface area contributed by atoms with E-state index in [1.165, 1.54) is 6.07 Å². The third kappa shape index (κ3) is 3.02. The Labute approximate surface area is 118 Å². The zero-order chi connectivity index (χ0) is 14.5. The van der Waals surface area contributed by atoms with Crippen LogP contribution in [0.3, 0.4) is 0 Å². The Morgan fingerprint density at radius 1 is 1.05 bits per heavy atom. The minimum Gasteiger partial charge on any atom is -0.493 e. The number of anilines is 1. The summed E-state index contributed by atoms with van der Waals surface area (Å²) in [5.41, 5.74) is 2.53. The smallest absolute Gasteiger partial charge is 0.162 e. The number of benzene rings is 2. The van der Waals surface area contributed by atoms with Gasteiger partial charge in [-0.15, -0.1) is 0 Å². The van der Waals surface area contributed by atoms with Crippen molar-refractivity contribution >= 4 is 5.69 Å². The molecule has 2 aromatic rings. The topological polar surface area (TPSA) is 30.5 Å². The van der Waals surface area contributed by atoms with Crippen molar-refractivity contribution in [1.82, 2.24) is 0 Å². The Hall–Kier alpha value is -2.23. The van der Waals surface area contributed by atoms with E-state index in [2.05, 4.69) is 5.32 Å². The van der Waals surface area contributed by atoms with E-state index in [1.54, 1.807) is 26.4 Å². The summed E-state index contributed by atoms with van der Waals surface area (Å²) in [5.74, 6) is 1.12. The van der Waals surface area contributed by atoms with Gasteiger partial charge in [0.25, 0.3) is 0 Å². The Kier molecular flexibility index (Phi) is 4.45. The van der Waals surface area contributed by atoms with Gasteiger partial charge < -0.3 is 14.8 Å². The summed E-state index contributed by atoms with van der Waals surface area (Å²) < 4.78 is 24.1. The molecule has 2 rings (SSSR count). The summed E-state index contributed by atoms with van der Waals surface area (Å²) in [6, 6.07) is 10.5. The molecule has 0 aliphatic rings. The van der Waals surface area contributed by atoms with E-state index in [4.69, 9.17) is 9.47 Å². The van der Waals surface area contributed by atoms with Crippen LogP contribution in [0.4, 0.5) is 10.1 Å². The van der Waals surface area contributed by atoms with Crippen molar-refractivity contribution in [3.63, 3.8) is 0 Å². The molecule has 0 saturated heterocycles. The maximum Gasteiger partial charge on any atom is 0.162 e. The van der Waals surface area contributed by atoms with Gasteiger partial charge in [-0.25, -0.2) is 4.39 Å². The molecular weight excluding hydrogens is 257 g/mol. The van der Waals surface area contributed by atoms with E-state index in [9.17, 15) is 4.39 Å². The standard InChI is InChI=1S/C16H18FNO2/c1-11-8-15(19-2)16(20-3)9-14(11)18-10-12-6-4-5-7-13(12)17/h4-9,18H,10H2,1-3H3. The molecule has 0 bridgehead atoms. The van der Waals surface area contributed by atoms with E-state index in [-0.39, 0.29) is 5.82 Å². The Balaban J connectivity index is 2.19. The zero-order valence-electron chi connectivity index (χ0n) is 11.9. The van der Waals surface area contributed by atoms with Crippen LogP contribution in [-0.2, 0) is 6.54 Å². The van der Waals surface area contributed by atoms with Crippen molar-refractivity contribution in [3.05, 3.63) is 53.3 Å². The van der Waals surface area contributed by atoms with Crippen LogP contribution in [0.15, 0.2) is 36.4 Å². The monoisotopic (exact) mass is 275 g/mol. The van der Waals surface area contributed by atoms with Crippen LogP contribution in [0.5, 0.6) is 11.5 Å². The third-order valence-corrected chi connectivity index (χ3v) is 3.16. The fourth-order valence-corrected chi connectivity index (χ4v) is 2.00. The molecule has 0 amide bonds. The lowest BCUT2D eigenvalue weighted by atomic mass is 10.1. The molecule has 20 heavy (non-hydrogen) atoms. The van der Waals surface area contributed by atoms with Crippen molar-refractivity contribution in [3.8, 4) is 11.5 Å². The van der Waals surface area contributed by atoms with Gasteiger partial charge in [0.05, 0.1) is 14.2 Å². The van der Waals surface area contributed by atoms with Crippen LogP contribution in [0.2, 0.25) is 0 Å². The maximum atomic E-state index is 13.6. The molecule has 0 radical (unpaired) electrons. The third-order valence-electron chi connectivity index (χ3n) is 3.16. The van der Waals surface area contributed by atoms with Gasteiger partial charge in [0.2, 0.25) is 0 Å². The quantitative estimate of drug-likeness (QED) is 0.901. The molecule has 0 aliphatic carbocycles. The van der Waals surface area contributed by atoms with Gasteiger partial charge in [0.1, 0.15) is 5.82 Å². The van der Waals surface area contributed by atoms with Gasteiger partial charge in [0.15, 0.2) is 11.5 Å². The van der Waals surface area contributed by atoms with Gasteiger partial charge >= 0.3 is 0 Å². The van der Waals surface area contributed by atoms with Crippen molar-refractivity contribution in [2.45, 2.75) is 13.5 Å². The first kappa shape index (κ1) is 14.2. The highest BCUT2D eigenvalue weighted by Crippen LogP contribution is 2.33. The van der Waals surface area contributed by atoms with Crippen LogP contribution < -0.4 is 14.8 Å². The number of methoxy groups -OCH3 is 2. The molecule has 0 heterocycles. The molecule has 4 heteroatoms. The minimum absolute atomic E-state index is 0.210. The zero-order valence-corrected chi connectivity index (χ0v) is 11.9. The molecule has 0 unspecified atom stereocenters. The second-order valence-electron chi connectivity index (χ2n) is 4.47. The van der Waals surface area contributed by atoms with E-state index in [0.717, 1.165) is 11.3 Å². The first-order chi connectivity index (χ1) is 9.65. The SMILES string of the molecule is COc1cc(C)c(NCc2ccccc2F)cc1OC. The summed E-state index contributed by atoms with van der Waals surface area (Å²) in [5, 5.41) is 3.22. The van der Waals surface area contributed by atoms with E-state index >= 15 is 0 Å². The fourth-order valence-electron chi connectivity index (χ4n) is 2.00. The summed E-state index contributed by atoms with van der Waals surface area (Å²) in [6.07, 6.45) is 0. The number of nitrogens with one attached hydrogen (secondary N) is 1. The Morgan fingerprint density at radius 2 is 1.70 bits per heavy atom. The largest absolute Gasteiger partial charge is 0.493 e. The molecule has 0 atom stereocenters. The highest BCUT2D eigenvalue weighted by molar-refractivity contribution is 5.60. The number of hydrogen-bond donors (Lipinski definition) is 1. The highest BCUT2D eigenvalue weighted by Gasteiger charge is 2.09. The molecule has 1 N–H and O–H groups in total. The molecule has 0 aliphatic heterocycles. The molecule has 0 saturated carbocycles. The maximum absolute atomic E-state index is 13.6. The van der Waals surface area contributed by atoms with Crippen LogP contribution in [0.25, 0.3) is 0 Å². The predicted molar refractivity (Wildman–Crippen MR) is 78.0 cm³/mol. The lowest BCUT2D eigenvalue weighted by molar-refractivity contribution is 0.355. The highest BCUT2D eigenvalue weighted by atomic mass is 19.1. The van der Waals surface area contributed by atoms with Crippen LogP contribution >= 0.6 is 0 Å². The summed E-state index contributed by atoms with van der Waals surface area (Å²) in [4.78, 5) is 0. The minimum atomic E-state index is -0.210. The van der Waals surface area contributed by atoms with Gasteiger partial charge in [-0.2, -0.15) is 0 Å². The number of aryl methyl sites for hydroxylation is 1. The summed E-state index contributed by atoms with van der Waals surface area (Å²) >= 11 is 0. The van der Waals surface area contributed by atoms with Crippen molar-refractivity contribution in [2.75, 3.05) is 19.5 Å². The second-order valence-corrected chi connectivity index (χ2v) is 4.47. The Bertz CT molecular complexity index is 599. The van der Waals surface area contributed by atoms with Crippen molar-refractivity contribution < 1.29 is 13.9 Å². The molecule has 3 nitrogen and oxygen atoms in total. The number of halogens is 1. The van der Waals surface area contributed by atoms with E-state index in [0.29, 0.717) is 23.6 Å². The summed E-state index contributed by atoms with van der Waals surface area (Å²) in [7, 11) is 3.19. The van der Waals surface area contributed by atoms with E-state index in [1.807, 2.05) is 25.1 Å². The predicted octanol–water partition coefficient (Wildman–Crippen LogP) is 3.76. The van der Waals surface area contributed by atoms with Crippen molar-refractivity contribution in [1.29, 1.82) is 0 Å². The van der Waals surface area contributed by atoms with Crippen LogP contribution in [-0.4, -0.2) is 14.2 Å². The molecule has 2 aromatic carbocycles. The first-order valence-electron chi connectivity index (χ1n) is 6.35. The van der Waals surface area contributed by atoms with Gasteiger partial charge in [0, 0.05) is 23.9 Å². The normalized spacial score (nSPS) is 10.2. The molecule has 0 spiro atoms. The number of rotatable bonds is 5. The van der Waals surface area contributed by atoms with Crippen molar-refractivity contribution in [2.24, 2.45) is 0 Å². The van der Waals surface area contributed by atoms with Gasteiger partial charge in [-0.3, -0.25) is 0 Å². The second kappa shape index (κ2) is 6.28. The number of ether oxygens (including phenoxy) is 2. The van der Waals surface area contributed by atoms with Crippen LogP contribution in [0.1, 0.15) is 11.1 Å². The average Bonchev–Trinajstić information content (AvgIpc) is 2.47. The van der Waals surface area contributed by atoms with Gasteiger partial charge in [-0.1, -0.05) is 18.2 Å². The number of hydrogen-bond acceptors (Lipinski definition) is 3. The average molecular weight is 275 g/mol. The fraction of sp³-hybridized carbons (Fsp3) is 0.250. The lowest BCUT2D eigenvalue weighted by Crippen LogP contribution is -2.04. The summed E-state index contributed by atoms with van der Waals surface area (Å²) in [6.45, 7) is 2.38. The molecule has 0 aromatic heterocycles. The molecule has 0 fully saturated rings.